The fourth-order valence-corrected chi connectivity index (χ4v) is 7.17. The molecule has 0 saturated heterocycles. The minimum absolute atomic E-state index is 0.0199. The van der Waals surface area contributed by atoms with Crippen molar-refractivity contribution in [2.45, 2.75) is 57.2 Å². The molecule has 0 heterocycles. The number of rotatable bonds is 3. The van der Waals surface area contributed by atoms with Gasteiger partial charge in [-0.1, -0.05) is 18.6 Å². The minimum Gasteiger partial charge on any atom is -0.393 e. The topological polar surface area (TPSA) is 119 Å². The number of aliphatic hydroxyl groups excluding tert-OH is 2. The molecule has 4 aliphatic rings. The molecule has 0 aromatic rings. The molecular weight excluding hydrogens is 358 g/mol. The molecule has 0 aromatic heterocycles. The van der Waals surface area contributed by atoms with Crippen LogP contribution in [0.3, 0.4) is 0 Å². The minimum atomic E-state index is -1.77. The second-order valence-electron chi connectivity index (χ2n) is 9.27. The van der Waals surface area contributed by atoms with Gasteiger partial charge in [-0.3, -0.25) is 9.59 Å². The van der Waals surface area contributed by atoms with Gasteiger partial charge in [0, 0.05) is 23.2 Å². The van der Waals surface area contributed by atoms with Gasteiger partial charge in [-0.05, 0) is 56.1 Å². The molecule has 0 radical (unpaired) electrons. The van der Waals surface area contributed by atoms with Gasteiger partial charge in [-0.2, -0.15) is 5.26 Å². The summed E-state index contributed by atoms with van der Waals surface area (Å²) in [5.41, 5.74) is -2.21. The second-order valence-corrected chi connectivity index (χ2v) is 9.27. The highest BCUT2D eigenvalue weighted by atomic mass is 16.3. The Morgan fingerprint density at radius 2 is 2.14 bits per heavy atom. The Morgan fingerprint density at radius 1 is 1.39 bits per heavy atom. The molecular formula is C22H27NO5. The van der Waals surface area contributed by atoms with Crippen molar-refractivity contribution in [3.63, 3.8) is 0 Å². The summed E-state index contributed by atoms with van der Waals surface area (Å²) in [5.74, 6) is -0.844. The number of hydrogen-bond donors (Lipinski definition) is 3. The Balaban J connectivity index is 1.79. The van der Waals surface area contributed by atoms with E-state index >= 15 is 0 Å². The molecule has 0 amide bonds. The number of ketones is 2. The standard InChI is InChI=1S/C22H27NO5/c1-20-6-4-14(25)10-13(20)2-3-15-16-5-7-22(28,18(27)12-24)21(16,8-9-23)11-17(26)19(15)20/h4,6,10,15-17,19,24,26,28H,2-3,5,7-8,11-12H2,1H3/t15-,16-,17-,19+,20-,21-,22-/m0/s1. The molecule has 3 fully saturated rings. The van der Waals surface area contributed by atoms with E-state index in [1.54, 1.807) is 12.2 Å². The summed E-state index contributed by atoms with van der Waals surface area (Å²) in [7, 11) is 0. The number of fused-ring (bicyclic) bond motifs is 5. The average molecular weight is 385 g/mol. The van der Waals surface area contributed by atoms with Gasteiger partial charge >= 0.3 is 0 Å². The summed E-state index contributed by atoms with van der Waals surface area (Å²) in [6.07, 6.45) is 6.76. The van der Waals surface area contributed by atoms with E-state index in [9.17, 15) is 30.2 Å². The third kappa shape index (κ3) is 2.30. The smallest absolute Gasteiger partial charge is 0.190 e. The predicted molar refractivity (Wildman–Crippen MR) is 99.6 cm³/mol. The van der Waals surface area contributed by atoms with Crippen molar-refractivity contribution in [2.24, 2.45) is 28.6 Å². The summed E-state index contributed by atoms with van der Waals surface area (Å²) < 4.78 is 0. The van der Waals surface area contributed by atoms with Crippen LogP contribution in [0.4, 0.5) is 0 Å². The molecule has 0 bridgehead atoms. The third-order valence-corrected chi connectivity index (χ3v) is 8.36. The lowest BCUT2D eigenvalue weighted by Gasteiger charge is -2.60. The fraction of sp³-hybridized carbons (Fsp3) is 0.682. The zero-order valence-electron chi connectivity index (χ0n) is 16.1. The maximum atomic E-state index is 12.5. The van der Waals surface area contributed by atoms with Crippen molar-refractivity contribution in [1.29, 1.82) is 5.26 Å². The molecule has 3 N–H and O–H groups in total. The second kappa shape index (κ2) is 6.35. The van der Waals surface area contributed by atoms with Crippen LogP contribution in [0.25, 0.3) is 0 Å². The van der Waals surface area contributed by atoms with Gasteiger partial charge in [0.2, 0.25) is 0 Å². The van der Waals surface area contributed by atoms with Crippen LogP contribution in [-0.4, -0.2) is 45.2 Å². The zero-order valence-corrected chi connectivity index (χ0v) is 16.1. The maximum Gasteiger partial charge on any atom is 0.190 e. The van der Waals surface area contributed by atoms with Crippen molar-refractivity contribution in [3.8, 4) is 6.07 Å². The Labute approximate surface area is 164 Å². The molecule has 4 aliphatic carbocycles. The summed E-state index contributed by atoms with van der Waals surface area (Å²) in [6.45, 7) is 1.29. The zero-order chi connectivity index (χ0) is 20.3. The molecule has 0 aliphatic heterocycles. The lowest BCUT2D eigenvalue weighted by atomic mass is 9.45. The van der Waals surface area contributed by atoms with Gasteiger partial charge in [0.15, 0.2) is 11.6 Å². The molecule has 0 unspecified atom stereocenters. The number of nitrogens with zero attached hydrogens (tertiary/aromatic N) is 1. The molecule has 28 heavy (non-hydrogen) atoms. The predicted octanol–water partition coefficient (Wildman–Crippen LogP) is 1.45. The number of carbonyl (C=O) groups excluding carboxylic acids is 2. The molecule has 0 aromatic carbocycles. The number of nitriles is 1. The molecule has 6 nitrogen and oxygen atoms in total. The van der Waals surface area contributed by atoms with Crippen molar-refractivity contribution in [1.82, 2.24) is 0 Å². The van der Waals surface area contributed by atoms with E-state index in [2.05, 4.69) is 13.0 Å². The number of allylic oxidation sites excluding steroid dienone is 4. The Kier molecular flexibility index (Phi) is 4.42. The van der Waals surface area contributed by atoms with Crippen LogP contribution in [0, 0.1) is 39.9 Å². The SMILES string of the molecule is C[C@]12C=CC(=O)C=C1CC[C@@H]1[C@@H]2[C@@H](O)C[C@@]2(CC#N)[C@H]1CC[C@]2(O)C(=O)CO. The van der Waals surface area contributed by atoms with Crippen LogP contribution < -0.4 is 0 Å². The fourth-order valence-electron chi connectivity index (χ4n) is 7.17. The number of hydrogen-bond acceptors (Lipinski definition) is 6. The van der Waals surface area contributed by atoms with Gasteiger partial charge in [0.25, 0.3) is 0 Å². The molecule has 0 spiro atoms. The van der Waals surface area contributed by atoms with Gasteiger partial charge in [0.05, 0.1) is 12.2 Å². The molecule has 6 heteroatoms. The highest BCUT2D eigenvalue weighted by Crippen LogP contribution is 2.68. The van der Waals surface area contributed by atoms with E-state index in [-0.39, 0.29) is 42.8 Å². The van der Waals surface area contributed by atoms with Crippen molar-refractivity contribution >= 4 is 11.6 Å². The van der Waals surface area contributed by atoms with E-state index < -0.39 is 34.9 Å². The van der Waals surface area contributed by atoms with E-state index in [0.717, 1.165) is 18.4 Å². The average Bonchev–Trinajstić information content (AvgIpc) is 2.95. The summed E-state index contributed by atoms with van der Waals surface area (Å²) in [4.78, 5) is 24.4. The third-order valence-electron chi connectivity index (χ3n) is 8.36. The maximum absolute atomic E-state index is 12.5. The van der Waals surface area contributed by atoms with Crippen molar-refractivity contribution < 1.29 is 24.9 Å². The lowest BCUT2D eigenvalue weighted by Crippen LogP contribution is -2.62. The molecule has 3 saturated carbocycles. The van der Waals surface area contributed by atoms with Gasteiger partial charge < -0.3 is 15.3 Å². The van der Waals surface area contributed by atoms with E-state index in [4.69, 9.17) is 0 Å². The first-order chi connectivity index (χ1) is 13.2. The highest BCUT2D eigenvalue weighted by molar-refractivity contribution is 6.01. The number of Topliss-reactive ketones (excluding diaryl/α,β-unsaturated/α-hetero) is 1. The molecule has 150 valence electrons. The summed E-state index contributed by atoms with van der Waals surface area (Å²) in [5, 5.41) is 41.6. The quantitative estimate of drug-likeness (QED) is 0.677. The largest absolute Gasteiger partial charge is 0.393 e. The van der Waals surface area contributed by atoms with Crippen LogP contribution in [0.15, 0.2) is 23.8 Å². The monoisotopic (exact) mass is 385 g/mol. The van der Waals surface area contributed by atoms with E-state index in [0.29, 0.717) is 6.42 Å². The van der Waals surface area contributed by atoms with Crippen LogP contribution in [0.2, 0.25) is 0 Å². The number of aliphatic hydroxyl groups is 3. The first kappa shape index (κ1) is 19.5. The van der Waals surface area contributed by atoms with Crippen molar-refractivity contribution in [2.75, 3.05) is 6.61 Å². The van der Waals surface area contributed by atoms with E-state index in [1.165, 1.54) is 0 Å². The number of carbonyl (C=O) groups is 2. The van der Waals surface area contributed by atoms with Crippen LogP contribution >= 0.6 is 0 Å². The Morgan fingerprint density at radius 3 is 2.82 bits per heavy atom. The normalized spacial score (nSPS) is 46.8. The van der Waals surface area contributed by atoms with Crippen molar-refractivity contribution in [3.05, 3.63) is 23.8 Å². The Hall–Kier alpha value is -1.81. The highest BCUT2D eigenvalue weighted by Gasteiger charge is 2.69. The van der Waals surface area contributed by atoms with Crippen LogP contribution in [0.1, 0.15) is 45.4 Å². The van der Waals surface area contributed by atoms with Crippen LogP contribution in [0.5, 0.6) is 0 Å². The summed E-state index contributed by atoms with van der Waals surface area (Å²) >= 11 is 0. The van der Waals surface area contributed by atoms with Gasteiger partial charge in [0.1, 0.15) is 12.2 Å². The van der Waals surface area contributed by atoms with Crippen LogP contribution in [-0.2, 0) is 9.59 Å². The molecule has 7 atom stereocenters. The summed E-state index contributed by atoms with van der Waals surface area (Å²) in [6, 6.07) is 2.15. The van der Waals surface area contributed by atoms with Gasteiger partial charge in [-0.25, -0.2) is 0 Å². The Bertz CT molecular complexity index is 825. The van der Waals surface area contributed by atoms with Gasteiger partial charge in [-0.15, -0.1) is 0 Å². The first-order valence-corrected chi connectivity index (χ1v) is 10.1. The molecule has 4 rings (SSSR count). The lowest BCUT2D eigenvalue weighted by molar-refractivity contribution is -0.182. The first-order valence-electron chi connectivity index (χ1n) is 10.1. The van der Waals surface area contributed by atoms with E-state index in [1.807, 2.05) is 6.08 Å².